The maximum Gasteiger partial charge on any atom is 0.137 e. The Labute approximate surface area is 102 Å². The smallest absolute Gasteiger partial charge is 0.137 e. The van der Waals surface area contributed by atoms with Gasteiger partial charge in [0.15, 0.2) is 0 Å². The van der Waals surface area contributed by atoms with Crippen LogP contribution < -0.4 is 0 Å². The molecule has 2 aromatic carbocycles. The zero-order valence-electron chi connectivity index (χ0n) is 8.70. The van der Waals surface area contributed by atoms with Gasteiger partial charge >= 0.3 is 0 Å². The Hall–Kier alpha value is -1.74. The topological polar surface area (TPSA) is 12.4 Å². The summed E-state index contributed by atoms with van der Waals surface area (Å²) in [5.74, 6) is -0.721. The molecule has 0 spiro atoms. The molecule has 2 aromatic rings. The van der Waals surface area contributed by atoms with Gasteiger partial charge in [0.05, 0.1) is 5.69 Å². The van der Waals surface area contributed by atoms with Crippen molar-refractivity contribution >= 4 is 22.5 Å². The van der Waals surface area contributed by atoms with Crippen LogP contribution in [0.15, 0.2) is 53.5 Å². The highest BCUT2D eigenvalue weighted by atomic mass is 35.5. The van der Waals surface area contributed by atoms with Crippen LogP contribution in [0.2, 0.25) is 0 Å². The van der Waals surface area contributed by atoms with Crippen LogP contribution in [0.3, 0.4) is 0 Å². The number of halogens is 3. The minimum absolute atomic E-state index is 0.163. The van der Waals surface area contributed by atoms with E-state index in [0.717, 1.165) is 0 Å². The second-order valence-corrected chi connectivity index (χ2v) is 3.75. The van der Waals surface area contributed by atoms with E-state index in [1.807, 2.05) is 0 Å². The Morgan fingerprint density at radius 3 is 2.29 bits per heavy atom. The molecule has 0 aliphatic heterocycles. The van der Waals surface area contributed by atoms with Gasteiger partial charge in [0.25, 0.3) is 0 Å². The quantitative estimate of drug-likeness (QED) is 0.707. The molecule has 0 radical (unpaired) electrons. The SMILES string of the molecule is Fc1ccc(N=C(Cl)c2cccc(F)c2)cc1. The molecular weight excluding hydrogens is 244 g/mol. The van der Waals surface area contributed by atoms with Crippen molar-refractivity contribution in [2.75, 3.05) is 0 Å². The summed E-state index contributed by atoms with van der Waals surface area (Å²) < 4.78 is 25.6. The van der Waals surface area contributed by atoms with E-state index in [4.69, 9.17) is 11.6 Å². The third kappa shape index (κ3) is 3.11. The average Bonchev–Trinajstić information content (AvgIpc) is 2.32. The number of benzene rings is 2. The van der Waals surface area contributed by atoms with Gasteiger partial charge in [0, 0.05) is 5.56 Å². The molecule has 0 saturated carbocycles. The lowest BCUT2D eigenvalue weighted by Crippen LogP contribution is -1.91. The van der Waals surface area contributed by atoms with Crippen molar-refractivity contribution in [3.8, 4) is 0 Å². The summed E-state index contributed by atoms with van der Waals surface area (Å²) in [6.07, 6.45) is 0. The fourth-order valence-electron chi connectivity index (χ4n) is 1.31. The van der Waals surface area contributed by atoms with E-state index in [-0.39, 0.29) is 16.8 Å². The highest BCUT2D eigenvalue weighted by Crippen LogP contribution is 2.16. The number of rotatable bonds is 2. The van der Waals surface area contributed by atoms with E-state index in [9.17, 15) is 8.78 Å². The van der Waals surface area contributed by atoms with Crippen LogP contribution in [0.25, 0.3) is 0 Å². The molecule has 2 rings (SSSR count). The molecule has 1 nitrogen and oxygen atoms in total. The van der Waals surface area contributed by atoms with Crippen LogP contribution >= 0.6 is 11.6 Å². The fourth-order valence-corrected chi connectivity index (χ4v) is 1.53. The zero-order chi connectivity index (χ0) is 12.3. The van der Waals surface area contributed by atoms with Crippen LogP contribution in [0.5, 0.6) is 0 Å². The summed E-state index contributed by atoms with van der Waals surface area (Å²) in [4.78, 5) is 4.06. The van der Waals surface area contributed by atoms with Crippen molar-refractivity contribution in [2.45, 2.75) is 0 Å². The highest BCUT2D eigenvalue weighted by molar-refractivity contribution is 6.69. The zero-order valence-corrected chi connectivity index (χ0v) is 9.46. The van der Waals surface area contributed by atoms with Gasteiger partial charge in [0.1, 0.15) is 16.8 Å². The molecule has 0 fully saturated rings. The number of aliphatic imine (C=N–C) groups is 1. The molecule has 4 heteroatoms. The van der Waals surface area contributed by atoms with E-state index < -0.39 is 0 Å². The first kappa shape index (κ1) is 11.7. The maximum absolute atomic E-state index is 13.0. The average molecular weight is 252 g/mol. The second kappa shape index (κ2) is 5.06. The largest absolute Gasteiger partial charge is 0.236 e. The van der Waals surface area contributed by atoms with Crippen LogP contribution in [0, 0.1) is 11.6 Å². The summed E-state index contributed by atoms with van der Waals surface area (Å²) in [6.45, 7) is 0. The van der Waals surface area contributed by atoms with Crippen LogP contribution in [-0.2, 0) is 0 Å². The van der Waals surface area contributed by atoms with E-state index in [1.54, 1.807) is 12.1 Å². The minimum Gasteiger partial charge on any atom is -0.236 e. The first-order chi connectivity index (χ1) is 8.15. The summed E-state index contributed by atoms with van der Waals surface area (Å²) in [7, 11) is 0. The van der Waals surface area contributed by atoms with Crippen molar-refractivity contribution in [3.63, 3.8) is 0 Å². The van der Waals surface area contributed by atoms with Crippen LogP contribution in [-0.4, -0.2) is 5.17 Å². The lowest BCUT2D eigenvalue weighted by atomic mass is 10.2. The van der Waals surface area contributed by atoms with Gasteiger partial charge in [-0.2, -0.15) is 0 Å². The molecular formula is C13H8ClF2N. The first-order valence-corrected chi connectivity index (χ1v) is 5.28. The Bertz CT molecular complexity index is 550. The van der Waals surface area contributed by atoms with Gasteiger partial charge in [-0.1, -0.05) is 23.7 Å². The van der Waals surface area contributed by atoms with Gasteiger partial charge in [0.2, 0.25) is 0 Å². The van der Waals surface area contributed by atoms with E-state index in [1.165, 1.54) is 36.4 Å². The summed E-state index contributed by atoms with van der Waals surface area (Å²) >= 11 is 5.94. The fraction of sp³-hybridized carbons (Fsp3) is 0. The van der Waals surface area contributed by atoms with Gasteiger partial charge in [-0.05, 0) is 36.4 Å². The number of nitrogens with zero attached hydrogens (tertiary/aromatic N) is 1. The minimum atomic E-state index is -0.380. The first-order valence-electron chi connectivity index (χ1n) is 4.91. The van der Waals surface area contributed by atoms with Gasteiger partial charge in [-0.25, -0.2) is 13.8 Å². The van der Waals surface area contributed by atoms with E-state index >= 15 is 0 Å². The Morgan fingerprint density at radius 2 is 1.65 bits per heavy atom. The van der Waals surface area contributed by atoms with Gasteiger partial charge < -0.3 is 0 Å². The molecule has 17 heavy (non-hydrogen) atoms. The highest BCUT2D eigenvalue weighted by Gasteiger charge is 2.01. The molecule has 0 unspecified atom stereocenters. The number of hydrogen-bond donors (Lipinski definition) is 0. The molecule has 0 atom stereocenters. The van der Waals surface area contributed by atoms with Crippen LogP contribution in [0.1, 0.15) is 5.56 Å². The molecule has 0 amide bonds. The third-order valence-electron chi connectivity index (χ3n) is 2.12. The maximum atomic E-state index is 13.0. The normalized spacial score (nSPS) is 11.6. The summed E-state index contributed by atoms with van der Waals surface area (Å²) in [6, 6.07) is 11.4. The second-order valence-electron chi connectivity index (χ2n) is 3.39. The van der Waals surface area contributed by atoms with Crippen molar-refractivity contribution in [1.29, 1.82) is 0 Å². The Balaban J connectivity index is 2.30. The molecule has 0 aromatic heterocycles. The summed E-state index contributed by atoms with van der Waals surface area (Å²) in [5.41, 5.74) is 0.997. The molecule has 0 N–H and O–H groups in total. The van der Waals surface area contributed by atoms with Crippen molar-refractivity contribution in [1.82, 2.24) is 0 Å². The van der Waals surface area contributed by atoms with E-state index in [2.05, 4.69) is 4.99 Å². The van der Waals surface area contributed by atoms with Crippen molar-refractivity contribution < 1.29 is 8.78 Å². The van der Waals surface area contributed by atoms with Crippen molar-refractivity contribution in [3.05, 3.63) is 65.7 Å². The molecule has 0 aliphatic carbocycles. The molecule has 86 valence electrons. The molecule has 0 saturated heterocycles. The van der Waals surface area contributed by atoms with Gasteiger partial charge in [-0.3, -0.25) is 0 Å². The lowest BCUT2D eigenvalue weighted by Gasteiger charge is -1.99. The predicted molar refractivity (Wildman–Crippen MR) is 64.9 cm³/mol. The van der Waals surface area contributed by atoms with Crippen molar-refractivity contribution in [2.24, 2.45) is 4.99 Å². The standard InChI is InChI=1S/C13H8ClF2N/c14-13(9-2-1-3-11(16)8-9)17-12-6-4-10(15)5-7-12/h1-8H. The van der Waals surface area contributed by atoms with Gasteiger partial charge in [-0.15, -0.1) is 0 Å². The molecule has 0 heterocycles. The Morgan fingerprint density at radius 1 is 0.941 bits per heavy atom. The van der Waals surface area contributed by atoms with Crippen LogP contribution in [0.4, 0.5) is 14.5 Å². The number of hydrogen-bond acceptors (Lipinski definition) is 1. The predicted octanol–water partition coefficient (Wildman–Crippen LogP) is 4.28. The third-order valence-corrected chi connectivity index (χ3v) is 2.42. The van der Waals surface area contributed by atoms with E-state index in [0.29, 0.717) is 11.3 Å². The Kier molecular flexibility index (Phi) is 3.49. The monoisotopic (exact) mass is 251 g/mol. The molecule has 0 bridgehead atoms. The summed E-state index contributed by atoms with van der Waals surface area (Å²) in [5, 5.41) is 0.163. The molecule has 0 aliphatic rings. The lowest BCUT2D eigenvalue weighted by molar-refractivity contribution is 0.627.